The van der Waals surface area contributed by atoms with Crippen molar-refractivity contribution in [2.24, 2.45) is 5.92 Å². The van der Waals surface area contributed by atoms with Crippen LogP contribution in [0.15, 0.2) is 34.7 Å². The number of thioether (sulfide) groups is 1. The van der Waals surface area contributed by atoms with E-state index in [2.05, 4.69) is 71.6 Å². The van der Waals surface area contributed by atoms with Crippen molar-refractivity contribution in [1.82, 2.24) is 15.1 Å². The highest BCUT2D eigenvalue weighted by atomic mass is 32.2. The highest BCUT2D eigenvalue weighted by molar-refractivity contribution is 8.01. The topological polar surface area (TPSA) is 41.1 Å². The molecule has 2 rings (SSSR count). The maximum absolute atomic E-state index is 4.23. The van der Waals surface area contributed by atoms with Gasteiger partial charge >= 0.3 is 0 Å². The molecular weight excluding hydrogens is 312 g/mol. The van der Waals surface area contributed by atoms with Crippen molar-refractivity contribution >= 4 is 28.2 Å². The third-order valence-corrected chi connectivity index (χ3v) is 5.06. The number of nitrogens with zero attached hydrogens (tertiary/aromatic N) is 3. The highest BCUT2D eigenvalue weighted by Gasteiger charge is 2.06. The molecule has 1 aromatic heterocycles. The third kappa shape index (κ3) is 6.34. The molecule has 0 unspecified atom stereocenters. The number of benzene rings is 1. The first-order valence-electron chi connectivity index (χ1n) is 7.56. The fraction of sp³-hybridized carbons (Fsp3) is 0.500. The smallest absolute Gasteiger partial charge is 0.206 e. The van der Waals surface area contributed by atoms with Crippen molar-refractivity contribution in [3.63, 3.8) is 0 Å². The molecule has 0 saturated heterocycles. The Labute approximate surface area is 141 Å². The summed E-state index contributed by atoms with van der Waals surface area (Å²) in [5.41, 5.74) is 1.35. The van der Waals surface area contributed by atoms with Crippen LogP contribution in [-0.4, -0.2) is 41.0 Å². The van der Waals surface area contributed by atoms with Crippen LogP contribution in [0.4, 0.5) is 5.13 Å². The highest BCUT2D eigenvalue weighted by Crippen LogP contribution is 2.25. The molecule has 120 valence electrons. The van der Waals surface area contributed by atoms with Crippen LogP contribution in [0.1, 0.15) is 19.4 Å². The summed E-state index contributed by atoms with van der Waals surface area (Å²) in [6.45, 7) is 7.34. The Balaban J connectivity index is 1.67. The Kier molecular flexibility index (Phi) is 7.15. The van der Waals surface area contributed by atoms with Gasteiger partial charge in [-0.3, -0.25) is 0 Å². The van der Waals surface area contributed by atoms with E-state index >= 15 is 0 Å². The zero-order chi connectivity index (χ0) is 15.8. The van der Waals surface area contributed by atoms with Crippen LogP contribution in [-0.2, 0) is 6.54 Å². The second-order valence-corrected chi connectivity index (χ2v) is 8.04. The molecule has 0 aliphatic heterocycles. The Bertz CT molecular complexity index is 542. The van der Waals surface area contributed by atoms with Gasteiger partial charge in [0.25, 0.3) is 0 Å². The second kappa shape index (κ2) is 9.12. The zero-order valence-corrected chi connectivity index (χ0v) is 15.1. The van der Waals surface area contributed by atoms with Gasteiger partial charge in [-0.25, -0.2) is 0 Å². The van der Waals surface area contributed by atoms with E-state index in [1.165, 1.54) is 5.56 Å². The van der Waals surface area contributed by atoms with Crippen molar-refractivity contribution in [1.29, 1.82) is 0 Å². The molecule has 0 amide bonds. The summed E-state index contributed by atoms with van der Waals surface area (Å²) < 4.78 is 1.04. The molecule has 0 aliphatic rings. The van der Waals surface area contributed by atoms with Crippen LogP contribution in [0.25, 0.3) is 0 Å². The van der Waals surface area contributed by atoms with Crippen LogP contribution in [0, 0.1) is 5.92 Å². The molecule has 6 heteroatoms. The SMILES string of the molecule is CC(C)CNc1nnc(SCCN(C)Cc2ccccc2)s1. The minimum Gasteiger partial charge on any atom is -0.360 e. The van der Waals surface area contributed by atoms with E-state index in [-0.39, 0.29) is 0 Å². The zero-order valence-electron chi connectivity index (χ0n) is 13.5. The van der Waals surface area contributed by atoms with Gasteiger partial charge in [-0.2, -0.15) is 0 Å². The molecule has 22 heavy (non-hydrogen) atoms. The average Bonchev–Trinajstić information content (AvgIpc) is 2.94. The monoisotopic (exact) mass is 336 g/mol. The Morgan fingerprint density at radius 1 is 1.23 bits per heavy atom. The van der Waals surface area contributed by atoms with Gasteiger partial charge in [0.2, 0.25) is 5.13 Å². The van der Waals surface area contributed by atoms with E-state index in [9.17, 15) is 0 Å². The lowest BCUT2D eigenvalue weighted by atomic mass is 10.2. The Hall–Kier alpha value is -1.11. The van der Waals surface area contributed by atoms with Gasteiger partial charge in [-0.05, 0) is 18.5 Å². The number of hydrogen-bond donors (Lipinski definition) is 1. The van der Waals surface area contributed by atoms with Crippen LogP contribution in [0.3, 0.4) is 0 Å². The summed E-state index contributed by atoms with van der Waals surface area (Å²) in [5.74, 6) is 1.65. The molecule has 4 nitrogen and oxygen atoms in total. The largest absolute Gasteiger partial charge is 0.360 e. The molecule has 1 aromatic carbocycles. The summed E-state index contributed by atoms with van der Waals surface area (Å²) >= 11 is 3.42. The molecule has 1 heterocycles. The van der Waals surface area contributed by atoms with Gasteiger partial charge in [-0.15, -0.1) is 10.2 Å². The van der Waals surface area contributed by atoms with Crippen molar-refractivity contribution < 1.29 is 0 Å². The lowest BCUT2D eigenvalue weighted by molar-refractivity contribution is 0.348. The van der Waals surface area contributed by atoms with Gasteiger partial charge < -0.3 is 10.2 Å². The minimum absolute atomic E-state index is 0.617. The molecule has 1 N–H and O–H groups in total. The fourth-order valence-electron chi connectivity index (χ4n) is 1.89. The number of rotatable bonds is 9. The van der Waals surface area contributed by atoms with E-state index in [0.29, 0.717) is 5.92 Å². The molecule has 0 saturated carbocycles. The van der Waals surface area contributed by atoms with Crippen molar-refractivity contribution in [2.75, 3.05) is 31.2 Å². The summed E-state index contributed by atoms with van der Waals surface area (Å²) in [4.78, 5) is 2.33. The number of anilines is 1. The molecular formula is C16H24N4S2. The number of nitrogens with one attached hydrogen (secondary N) is 1. The number of hydrogen-bond acceptors (Lipinski definition) is 6. The number of aromatic nitrogens is 2. The van der Waals surface area contributed by atoms with Crippen molar-refractivity contribution in [2.45, 2.75) is 24.7 Å². The van der Waals surface area contributed by atoms with E-state index < -0.39 is 0 Å². The summed E-state index contributed by atoms with van der Waals surface area (Å²) in [7, 11) is 2.16. The standard InChI is InChI=1S/C16H24N4S2/c1-13(2)11-17-15-18-19-16(22-15)21-10-9-20(3)12-14-7-5-4-6-8-14/h4-8,13H,9-12H2,1-3H3,(H,17,18). The molecule has 0 spiro atoms. The van der Waals surface area contributed by atoms with Gasteiger partial charge in [-0.1, -0.05) is 67.3 Å². The van der Waals surface area contributed by atoms with Crippen molar-refractivity contribution in [3.05, 3.63) is 35.9 Å². The molecule has 0 fully saturated rings. The lowest BCUT2D eigenvalue weighted by Gasteiger charge is -2.15. The maximum atomic E-state index is 4.23. The van der Waals surface area contributed by atoms with Gasteiger partial charge in [0.1, 0.15) is 0 Å². The quantitative estimate of drug-likeness (QED) is 0.705. The van der Waals surface area contributed by atoms with Gasteiger partial charge in [0, 0.05) is 25.4 Å². The molecule has 0 atom stereocenters. The van der Waals surface area contributed by atoms with Gasteiger partial charge in [0.15, 0.2) is 4.34 Å². The average molecular weight is 337 g/mol. The van der Waals surface area contributed by atoms with Crippen LogP contribution in [0.5, 0.6) is 0 Å². The first-order valence-corrected chi connectivity index (χ1v) is 9.36. The first kappa shape index (κ1) is 17.2. The predicted octanol–water partition coefficient (Wildman–Crippen LogP) is 3.83. The molecule has 0 bridgehead atoms. The Morgan fingerprint density at radius 2 is 2.00 bits per heavy atom. The van der Waals surface area contributed by atoms with Crippen molar-refractivity contribution in [3.8, 4) is 0 Å². The third-order valence-electron chi connectivity index (χ3n) is 3.06. The van der Waals surface area contributed by atoms with Crippen LogP contribution in [0.2, 0.25) is 0 Å². The van der Waals surface area contributed by atoms with E-state index in [0.717, 1.165) is 34.9 Å². The summed E-state index contributed by atoms with van der Waals surface area (Å²) in [6.07, 6.45) is 0. The van der Waals surface area contributed by atoms with E-state index in [1.54, 1.807) is 23.1 Å². The normalized spacial score (nSPS) is 11.3. The van der Waals surface area contributed by atoms with E-state index in [1.807, 2.05) is 0 Å². The minimum atomic E-state index is 0.617. The second-order valence-electron chi connectivity index (χ2n) is 5.72. The Morgan fingerprint density at radius 3 is 2.73 bits per heavy atom. The molecule has 2 aromatic rings. The molecule has 0 aliphatic carbocycles. The first-order chi connectivity index (χ1) is 10.6. The van der Waals surface area contributed by atoms with Gasteiger partial charge in [0.05, 0.1) is 0 Å². The summed E-state index contributed by atoms with van der Waals surface area (Å²) in [6, 6.07) is 10.6. The van der Waals surface area contributed by atoms with E-state index in [4.69, 9.17) is 0 Å². The maximum Gasteiger partial charge on any atom is 0.206 e. The van der Waals surface area contributed by atoms with Crippen LogP contribution < -0.4 is 5.32 Å². The predicted molar refractivity (Wildman–Crippen MR) is 96.7 cm³/mol. The summed E-state index contributed by atoms with van der Waals surface area (Å²) in [5, 5.41) is 12.6. The molecule has 0 radical (unpaired) electrons. The fourth-order valence-corrected chi connectivity index (χ4v) is 3.78. The van der Waals surface area contributed by atoms with Crippen LogP contribution >= 0.6 is 23.1 Å². The lowest BCUT2D eigenvalue weighted by Crippen LogP contribution is -2.20.